The maximum Gasteiger partial charge on any atom is 0.159 e. The number of imidazole rings is 1. The van der Waals surface area contributed by atoms with Gasteiger partial charge in [0.2, 0.25) is 0 Å². The highest BCUT2D eigenvalue weighted by atomic mass is 16.3. The highest BCUT2D eigenvalue weighted by Gasteiger charge is 2.34. The molecule has 2 aromatic heterocycles. The van der Waals surface area contributed by atoms with Gasteiger partial charge in [0.05, 0.1) is 17.3 Å². The number of aromatic hydroxyl groups is 1. The molecule has 4 aromatic rings. The molecule has 0 bridgehead atoms. The normalized spacial score (nSPS) is 20.8. The Morgan fingerprint density at radius 3 is 2.85 bits per heavy atom. The number of nitrogens with zero attached hydrogens (tertiary/aromatic N) is 3. The van der Waals surface area contributed by atoms with Crippen molar-refractivity contribution in [3.63, 3.8) is 0 Å². The Morgan fingerprint density at radius 2 is 2.03 bits per heavy atom. The monoisotopic (exact) mass is 441 g/mol. The number of phenolic OH excluding ortho intramolecular Hbond substituents is 1. The van der Waals surface area contributed by atoms with Crippen LogP contribution in [-0.2, 0) is 6.42 Å². The summed E-state index contributed by atoms with van der Waals surface area (Å²) >= 11 is 0. The quantitative estimate of drug-likeness (QED) is 0.373. The van der Waals surface area contributed by atoms with Crippen molar-refractivity contribution in [2.45, 2.75) is 38.3 Å². The first-order valence-corrected chi connectivity index (χ1v) is 11.6. The van der Waals surface area contributed by atoms with E-state index in [2.05, 4.69) is 51.3 Å². The van der Waals surface area contributed by atoms with Crippen LogP contribution in [0.5, 0.6) is 5.75 Å². The lowest BCUT2D eigenvalue weighted by Crippen LogP contribution is -2.46. The first kappa shape index (κ1) is 20.2. The largest absolute Gasteiger partial charge is 0.508 e. The smallest absolute Gasteiger partial charge is 0.159 e. The van der Waals surface area contributed by atoms with Crippen LogP contribution in [0, 0.1) is 0 Å². The molecule has 33 heavy (non-hydrogen) atoms. The van der Waals surface area contributed by atoms with Gasteiger partial charge in [0.1, 0.15) is 11.4 Å². The third-order valence-corrected chi connectivity index (χ3v) is 7.03. The molecular weight excluding hydrogens is 414 g/mol. The average Bonchev–Trinajstić information content (AvgIpc) is 3.55. The van der Waals surface area contributed by atoms with E-state index in [9.17, 15) is 10.2 Å². The third kappa shape index (κ3) is 3.53. The number of hydrogen-bond acceptors (Lipinski definition) is 5. The molecule has 7 nitrogen and oxygen atoms in total. The highest BCUT2D eigenvalue weighted by molar-refractivity contribution is 5.94. The third-order valence-electron chi connectivity index (χ3n) is 7.03. The molecule has 4 N–H and O–H groups in total. The molecule has 0 atom stereocenters. The standard InChI is InChI=1S/C26H27N5O2/c1-2-15-9-19(32)4-6-21(15)16-3-5-22-23(10-16)29-30-25(22)26-27-13-24(28-26)17-7-8-31(14-17)18-11-20(33)12-18/h3-7,9-10,13,18,20,32-33H,2,8,11-12,14H2,1H3,(H,27,28)(H,29,30). The molecule has 0 amide bonds. The topological polar surface area (TPSA) is 101 Å². The fourth-order valence-corrected chi connectivity index (χ4v) is 5.03. The van der Waals surface area contributed by atoms with E-state index in [1.165, 1.54) is 5.57 Å². The molecule has 1 aliphatic carbocycles. The number of aliphatic hydroxyl groups is 1. The summed E-state index contributed by atoms with van der Waals surface area (Å²) in [4.78, 5) is 10.6. The number of aromatic nitrogens is 4. The Labute approximate surface area is 191 Å². The average molecular weight is 442 g/mol. The molecule has 1 saturated carbocycles. The predicted octanol–water partition coefficient (Wildman–Crippen LogP) is 4.11. The van der Waals surface area contributed by atoms with Crippen molar-refractivity contribution in [3.8, 4) is 28.4 Å². The molecule has 2 aliphatic rings. The van der Waals surface area contributed by atoms with Crippen molar-refractivity contribution in [2.24, 2.45) is 0 Å². The second-order valence-electron chi connectivity index (χ2n) is 9.10. The summed E-state index contributed by atoms with van der Waals surface area (Å²) in [7, 11) is 0. The van der Waals surface area contributed by atoms with Crippen molar-refractivity contribution >= 4 is 16.5 Å². The molecule has 168 valence electrons. The van der Waals surface area contributed by atoms with Gasteiger partial charge in [0.15, 0.2) is 5.82 Å². The number of phenols is 1. The fraction of sp³-hybridized carbons (Fsp3) is 0.308. The van der Waals surface area contributed by atoms with Gasteiger partial charge in [0, 0.05) is 30.7 Å². The summed E-state index contributed by atoms with van der Waals surface area (Å²) < 4.78 is 0. The molecule has 6 rings (SSSR count). The molecule has 0 spiro atoms. The van der Waals surface area contributed by atoms with Gasteiger partial charge in [0.25, 0.3) is 0 Å². The van der Waals surface area contributed by atoms with E-state index < -0.39 is 0 Å². The minimum Gasteiger partial charge on any atom is -0.508 e. The van der Waals surface area contributed by atoms with Crippen LogP contribution in [0.15, 0.2) is 48.7 Å². The summed E-state index contributed by atoms with van der Waals surface area (Å²) in [6.07, 6.45) is 6.66. The highest BCUT2D eigenvalue weighted by Crippen LogP contribution is 2.34. The second-order valence-corrected chi connectivity index (χ2v) is 9.10. The summed E-state index contributed by atoms with van der Waals surface area (Å²) in [6, 6.07) is 12.3. The lowest BCUT2D eigenvalue weighted by Gasteiger charge is -2.38. The zero-order valence-electron chi connectivity index (χ0n) is 18.5. The number of rotatable bonds is 5. The van der Waals surface area contributed by atoms with Crippen molar-refractivity contribution in [3.05, 3.63) is 59.9 Å². The number of H-pyrrole nitrogens is 2. The molecule has 2 aromatic carbocycles. The molecule has 0 radical (unpaired) electrons. The van der Waals surface area contributed by atoms with Crippen LogP contribution in [0.3, 0.4) is 0 Å². The minimum atomic E-state index is -0.132. The van der Waals surface area contributed by atoms with Gasteiger partial charge in [-0.3, -0.25) is 10.00 Å². The number of aromatic amines is 2. The summed E-state index contributed by atoms with van der Waals surface area (Å²) in [5.41, 5.74) is 7.25. The number of benzene rings is 2. The van der Waals surface area contributed by atoms with Gasteiger partial charge in [-0.25, -0.2) is 4.98 Å². The second kappa shape index (κ2) is 7.86. The molecule has 3 heterocycles. The van der Waals surface area contributed by atoms with Crippen molar-refractivity contribution < 1.29 is 10.2 Å². The van der Waals surface area contributed by atoms with Crippen LogP contribution in [0.2, 0.25) is 0 Å². The van der Waals surface area contributed by atoms with E-state index in [0.717, 1.165) is 77.2 Å². The van der Waals surface area contributed by atoms with E-state index >= 15 is 0 Å². The molecule has 1 aliphatic heterocycles. The number of fused-ring (bicyclic) bond motifs is 1. The Balaban J connectivity index is 1.26. The maximum atomic E-state index is 9.82. The lowest BCUT2D eigenvalue weighted by molar-refractivity contribution is 0.0139. The van der Waals surface area contributed by atoms with Crippen LogP contribution < -0.4 is 0 Å². The van der Waals surface area contributed by atoms with Crippen LogP contribution in [0.1, 0.15) is 31.0 Å². The number of nitrogens with one attached hydrogen (secondary N) is 2. The Bertz CT molecular complexity index is 1360. The number of aliphatic hydroxyl groups excluding tert-OH is 1. The number of hydrogen-bond donors (Lipinski definition) is 4. The lowest BCUT2D eigenvalue weighted by atomic mass is 9.88. The van der Waals surface area contributed by atoms with Crippen LogP contribution in [0.4, 0.5) is 0 Å². The van der Waals surface area contributed by atoms with Gasteiger partial charge >= 0.3 is 0 Å². The Morgan fingerprint density at radius 1 is 1.15 bits per heavy atom. The van der Waals surface area contributed by atoms with Crippen LogP contribution in [-0.4, -0.2) is 60.5 Å². The van der Waals surface area contributed by atoms with Gasteiger partial charge < -0.3 is 15.2 Å². The molecule has 1 fully saturated rings. The van der Waals surface area contributed by atoms with Gasteiger partial charge in [-0.05, 0) is 65.8 Å². The van der Waals surface area contributed by atoms with E-state index in [-0.39, 0.29) is 6.10 Å². The van der Waals surface area contributed by atoms with E-state index in [1.807, 2.05) is 18.3 Å². The van der Waals surface area contributed by atoms with E-state index in [4.69, 9.17) is 4.98 Å². The van der Waals surface area contributed by atoms with Crippen molar-refractivity contribution in [2.75, 3.05) is 13.1 Å². The molecular formula is C26H27N5O2. The van der Waals surface area contributed by atoms with Crippen molar-refractivity contribution in [1.82, 2.24) is 25.1 Å². The zero-order valence-corrected chi connectivity index (χ0v) is 18.5. The SMILES string of the molecule is CCc1cc(O)ccc1-c1ccc2c(-c3nc(C4=CCN(C5CC(O)C5)C4)c[nH]3)n[nH]c2c1. The van der Waals surface area contributed by atoms with Gasteiger partial charge in [-0.15, -0.1) is 0 Å². The molecule has 0 saturated heterocycles. The molecule has 0 unspecified atom stereocenters. The number of aryl methyl sites for hydroxylation is 1. The maximum absolute atomic E-state index is 9.82. The van der Waals surface area contributed by atoms with Crippen LogP contribution >= 0.6 is 0 Å². The fourth-order valence-electron chi connectivity index (χ4n) is 5.03. The van der Waals surface area contributed by atoms with Crippen molar-refractivity contribution in [1.29, 1.82) is 0 Å². The van der Waals surface area contributed by atoms with E-state index in [0.29, 0.717) is 11.8 Å². The van der Waals surface area contributed by atoms with Gasteiger partial charge in [-0.2, -0.15) is 5.10 Å². The zero-order chi connectivity index (χ0) is 22.5. The molecule has 7 heteroatoms. The summed E-state index contributed by atoms with van der Waals surface area (Å²) in [5.74, 6) is 1.04. The Hall–Kier alpha value is -3.42. The summed E-state index contributed by atoms with van der Waals surface area (Å²) in [6.45, 7) is 3.88. The summed E-state index contributed by atoms with van der Waals surface area (Å²) in [5, 5.41) is 28.1. The predicted molar refractivity (Wildman–Crippen MR) is 129 cm³/mol. The minimum absolute atomic E-state index is 0.132. The first-order chi connectivity index (χ1) is 16.1. The van der Waals surface area contributed by atoms with E-state index in [1.54, 1.807) is 6.07 Å². The van der Waals surface area contributed by atoms with Gasteiger partial charge in [-0.1, -0.05) is 25.1 Å². The van der Waals surface area contributed by atoms with Crippen LogP contribution in [0.25, 0.3) is 39.1 Å². The first-order valence-electron chi connectivity index (χ1n) is 11.6. The Kier molecular flexibility index (Phi) is 4.81.